The molecular weight excluding hydrogens is 335 g/mol. The van der Waals surface area contributed by atoms with Gasteiger partial charge in [0.05, 0.1) is 11.3 Å². The van der Waals surface area contributed by atoms with Gasteiger partial charge in [-0.15, -0.1) is 0 Å². The molecule has 1 heterocycles. The zero-order valence-corrected chi connectivity index (χ0v) is 13.4. The Hall–Kier alpha value is -2.90. The summed E-state index contributed by atoms with van der Waals surface area (Å²) < 4.78 is 39.4. The number of amides is 2. The van der Waals surface area contributed by atoms with Gasteiger partial charge in [0.25, 0.3) is 0 Å². The summed E-state index contributed by atoms with van der Waals surface area (Å²) in [6.45, 7) is 0.767. The summed E-state index contributed by atoms with van der Waals surface area (Å²) in [6.07, 6.45) is -1.49. The standard InChI is InChI=1S/C17H16F3N3O2/c1-12(24)23(15-7-3-2-6-14(15)17(18,19)20)11-16(25)22-10-13-5-4-8-21-9-13/h2-9H,10-11H2,1H3,(H,22,25). The van der Waals surface area contributed by atoms with E-state index < -0.39 is 30.1 Å². The van der Waals surface area contributed by atoms with E-state index in [1.54, 1.807) is 24.5 Å². The van der Waals surface area contributed by atoms with Crippen molar-refractivity contribution in [2.75, 3.05) is 11.4 Å². The highest BCUT2D eigenvalue weighted by atomic mass is 19.4. The number of hydrogen-bond acceptors (Lipinski definition) is 3. The second-order valence-electron chi connectivity index (χ2n) is 5.26. The highest BCUT2D eigenvalue weighted by molar-refractivity contribution is 5.98. The van der Waals surface area contributed by atoms with Crippen LogP contribution < -0.4 is 10.2 Å². The van der Waals surface area contributed by atoms with Crippen LogP contribution in [0.3, 0.4) is 0 Å². The molecule has 0 aliphatic rings. The Balaban J connectivity index is 2.14. The summed E-state index contributed by atoms with van der Waals surface area (Å²) in [5, 5.41) is 2.56. The van der Waals surface area contributed by atoms with Gasteiger partial charge in [0.1, 0.15) is 6.54 Å². The van der Waals surface area contributed by atoms with Gasteiger partial charge in [0, 0.05) is 25.9 Å². The van der Waals surface area contributed by atoms with Crippen LogP contribution in [-0.2, 0) is 22.3 Å². The average Bonchev–Trinajstić information content (AvgIpc) is 2.58. The lowest BCUT2D eigenvalue weighted by molar-refractivity contribution is -0.137. The molecule has 0 aliphatic heterocycles. The summed E-state index contributed by atoms with van der Waals surface area (Å²) in [5.74, 6) is -1.23. The van der Waals surface area contributed by atoms with E-state index in [-0.39, 0.29) is 12.2 Å². The van der Waals surface area contributed by atoms with Crippen molar-refractivity contribution >= 4 is 17.5 Å². The number of nitrogens with one attached hydrogen (secondary N) is 1. The molecule has 1 aromatic carbocycles. The van der Waals surface area contributed by atoms with Crippen molar-refractivity contribution < 1.29 is 22.8 Å². The van der Waals surface area contributed by atoms with Crippen LogP contribution in [0.5, 0.6) is 0 Å². The number of anilines is 1. The number of benzene rings is 1. The highest BCUT2D eigenvalue weighted by Gasteiger charge is 2.35. The Bertz CT molecular complexity index is 748. The molecule has 0 bridgehead atoms. The number of aromatic nitrogens is 1. The summed E-state index contributed by atoms with van der Waals surface area (Å²) >= 11 is 0. The van der Waals surface area contributed by atoms with Crippen LogP contribution in [0.2, 0.25) is 0 Å². The van der Waals surface area contributed by atoms with Crippen molar-refractivity contribution in [3.8, 4) is 0 Å². The molecule has 2 rings (SSSR count). The van der Waals surface area contributed by atoms with Crippen molar-refractivity contribution in [1.82, 2.24) is 10.3 Å². The molecule has 0 fully saturated rings. The number of para-hydroxylation sites is 1. The van der Waals surface area contributed by atoms with Gasteiger partial charge in [-0.2, -0.15) is 13.2 Å². The van der Waals surface area contributed by atoms with Crippen molar-refractivity contribution in [2.24, 2.45) is 0 Å². The van der Waals surface area contributed by atoms with E-state index in [4.69, 9.17) is 0 Å². The van der Waals surface area contributed by atoms with E-state index in [1.807, 2.05) is 0 Å². The van der Waals surface area contributed by atoms with Gasteiger partial charge in [0.2, 0.25) is 11.8 Å². The van der Waals surface area contributed by atoms with Crippen molar-refractivity contribution in [2.45, 2.75) is 19.6 Å². The second-order valence-corrected chi connectivity index (χ2v) is 5.26. The fourth-order valence-corrected chi connectivity index (χ4v) is 2.22. The Labute approximate surface area is 142 Å². The molecule has 0 saturated heterocycles. The number of alkyl halides is 3. The minimum Gasteiger partial charge on any atom is -0.350 e. The number of hydrogen-bond donors (Lipinski definition) is 1. The van der Waals surface area contributed by atoms with Gasteiger partial charge in [-0.1, -0.05) is 18.2 Å². The summed E-state index contributed by atoms with van der Waals surface area (Å²) in [7, 11) is 0. The first kappa shape index (κ1) is 18.4. The lowest BCUT2D eigenvalue weighted by atomic mass is 10.1. The molecule has 132 valence electrons. The average molecular weight is 351 g/mol. The molecule has 0 spiro atoms. The fourth-order valence-electron chi connectivity index (χ4n) is 2.22. The minimum atomic E-state index is -4.63. The van der Waals surface area contributed by atoms with Gasteiger partial charge < -0.3 is 10.2 Å². The Morgan fingerprint density at radius 2 is 1.88 bits per heavy atom. The summed E-state index contributed by atoms with van der Waals surface area (Å²) in [5.41, 5.74) is -0.579. The highest BCUT2D eigenvalue weighted by Crippen LogP contribution is 2.36. The molecule has 0 atom stereocenters. The predicted molar refractivity (Wildman–Crippen MR) is 85.6 cm³/mol. The van der Waals surface area contributed by atoms with E-state index in [9.17, 15) is 22.8 Å². The van der Waals surface area contributed by atoms with E-state index in [2.05, 4.69) is 10.3 Å². The number of nitrogens with zero attached hydrogens (tertiary/aromatic N) is 2. The summed E-state index contributed by atoms with van der Waals surface area (Å²) in [6, 6.07) is 8.09. The molecule has 5 nitrogen and oxygen atoms in total. The van der Waals surface area contributed by atoms with Crippen molar-refractivity contribution in [3.05, 3.63) is 59.9 Å². The molecule has 0 aliphatic carbocycles. The maximum atomic E-state index is 13.1. The molecule has 0 saturated carbocycles. The van der Waals surface area contributed by atoms with Crippen LogP contribution in [0.25, 0.3) is 0 Å². The number of carbonyl (C=O) groups excluding carboxylic acids is 2. The monoisotopic (exact) mass is 351 g/mol. The van der Waals surface area contributed by atoms with Gasteiger partial charge in [0.15, 0.2) is 0 Å². The van der Waals surface area contributed by atoms with Crippen LogP contribution in [-0.4, -0.2) is 23.3 Å². The maximum absolute atomic E-state index is 13.1. The first-order chi connectivity index (χ1) is 11.8. The molecule has 8 heteroatoms. The maximum Gasteiger partial charge on any atom is 0.418 e. The van der Waals surface area contributed by atoms with Gasteiger partial charge in [-0.25, -0.2) is 0 Å². The van der Waals surface area contributed by atoms with Crippen LogP contribution in [0.4, 0.5) is 18.9 Å². The van der Waals surface area contributed by atoms with E-state index in [0.29, 0.717) is 0 Å². The number of halogens is 3. The van der Waals surface area contributed by atoms with Gasteiger partial charge >= 0.3 is 6.18 Å². The van der Waals surface area contributed by atoms with Crippen LogP contribution in [0, 0.1) is 0 Å². The van der Waals surface area contributed by atoms with E-state index in [0.717, 1.165) is 23.5 Å². The molecule has 0 unspecified atom stereocenters. The first-order valence-electron chi connectivity index (χ1n) is 7.39. The third-order valence-corrected chi connectivity index (χ3v) is 3.39. The number of pyridine rings is 1. The van der Waals surface area contributed by atoms with Crippen molar-refractivity contribution in [3.63, 3.8) is 0 Å². The zero-order chi connectivity index (χ0) is 18.4. The Kier molecular flexibility index (Phi) is 5.74. The molecule has 1 aromatic heterocycles. The SMILES string of the molecule is CC(=O)N(CC(=O)NCc1cccnc1)c1ccccc1C(F)(F)F. The van der Waals surface area contributed by atoms with Crippen LogP contribution in [0.15, 0.2) is 48.8 Å². The quantitative estimate of drug-likeness (QED) is 0.901. The van der Waals surface area contributed by atoms with Crippen LogP contribution in [0.1, 0.15) is 18.1 Å². The van der Waals surface area contributed by atoms with Crippen LogP contribution >= 0.6 is 0 Å². The lowest BCUT2D eigenvalue weighted by Gasteiger charge is -2.24. The van der Waals surface area contributed by atoms with Gasteiger partial charge in [-0.3, -0.25) is 14.6 Å². The predicted octanol–water partition coefficient (Wildman–Crippen LogP) is 2.77. The third kappa shape index (κ3) is 5.03. The second kappa shape index (κ2) is 7.78. The molecule has 2 amide bonds. The molecule has 1 N–H and O–H groups in total. The number of rotatable bonds is 5. The molecular formula is C17H16F3N3O2. The third-order valence-electron chi connectivity index (χ3n) is 3.39. The largest absolute Gasteiger partial charge is 0.418 e. The van der Waals surface area contributed by atoms with E-state index in [1.165, 1.54) is 18.2 Å². The minimum absolute atomic E-state index is 0.166. The fraction of sp³-hybridized carbons (Fsp3) is 0.235. The smallest absolute Gasteiger partial charge is 0.350 e. The lowest BCUT2D eigenvalue weighted by Crippen LogP contribution is -2.40. The normalized spacial score (nSPS) is 11.0. The van der Waals surface area contributed by atoms with Crippen molar-refractivity contribution in [1.29, 1.82) is 0 Å². The Morgan fingerprint density at radius 3 is 2.48 bits per heavy atom. The van der Waals surface area contributed by atoms with E-state index >= 15 is 0 Å². The van der Waals surface area contributed by atoms with Gasteiger partial charge in [-0.05, 0) is 23.8 Å². The number of carbonyl (C=O) groups is 2. The summed E-state index contributed by atoms with van der Waals surface area (Å²) in [4.78, 5) is 28.6. The molecule has 0 radical (unpaired) electrons. The molecule has 25 heavy (non-hydrogen) atoms. The topological polar surface area (TPSA) is 62.3 Å². The zero-order valence-electron chi connectivity index (χ0n) is 13.4. The Morgan fingerprint density at radius 1 is 1.16 bits per heavy atom. The molecule has 2 aromatic rings. The first-order valence-corrected chi connectivity index (χ1v) is 7.39.